The van der Waals surface area contributed by atoms with Gasteiger partial charge in [0.05, 0.1) is 0 Å². The van der Waals surface area contributed by atoms with E-state index < -0.39 is 0 Å². The molecule has 18 heavy (non-hydrogen) atoms. The van der Waals surface area contributed by atoms with Crippen LogP contribution in [0.15, 0.2) is 72.8 Å². The summed E-state index contributed by atoms with van der Waals surface area (Å²) in [4.78, 5) is 0. The van der Waals surface area contributed by atoms with E-state index in [2.05, 4.69) is 72.8 Å². The smallest absolute Gasteiger partial charge is 0.00868 e. The Balaban J connectivity index is 1.96. The second kappa shape index (κ2) is 5.22. The SMILES string of the molecule is C1=CC(c2ccccc2)C(c2ccccc2)CC1. The highest BCUT2D eigenvalue weighted by Crippen LogP contribution is 2.40. The van der Waals surface area contributed by atoms with Crippen molar-refractivity contribution in [2.75, 3.05) is 0 Å². The van der Waals surface area contributed by atoms with Gasteiger partial charge in [0.2, 0.25) is 0 Å². The Labute approximate surface area is 109 Å². The second-order valence-corrected chi connectivity index (χ2v) is 4.96. The van der Waals surface area contributed by atoms with E-state index in [1.54, 1.807) is 0 Å². The summed E-state index contributed by atoms with van der Waals surface area (Å²) in [7, 11) is 0. The molecular weight excluding hydrogens is 216 g/mol. The van der Waals surface area contributed by atoms with Gasteiger partial charge in [0, 0.05) is 5.92 Å². The van der Waals surface area contributed by atoms with Gasteiger partial charge >= 0.3 is 0 Å². The van der Waals surface area contributed by atoms with E-state index in [0.717, 1.165) is 0 Å². The standard InChI is InChI=1S/C18H18/c1-3-9-15(10-4-1)17-13-7-8-14-18(17)16-11-5-2-6-12-16/h1-7,9-13,17-18H,8,14H2. The molecule has 0 saturated carbocycles. The number of benzene rings is 2. The minimum Gasteiger partial charge on any atom is -0.0879 e. The lowest BCUT2D eigenvalue weighted by Crippen LogP contribution is -2.12. The van der Waals surface area contributed by atoms with E-state index in [4.69, 9.17) is 0 Å². The van der Waals surface area contributed by atoms with Crippen molar-refractivity contribution in [2.45, 2.75) is 24.7 Å². The molecule has 0 aliphatic heterocycles. The van der Waals surface area contributed by atoms with E-state index in [9.17, 15) is 0 Å². The van der Waals surface area contributed by atoms with Crippen molar-refractivity contribution in [3.05, 3.63) is 83.9 Å². The fourth-order valence-electron chi connectivity index (χ4n) is 2.93. The van der Waals surface area contributed by atoms with Crippen LogP contribution in [0.1, 0.15) is 35.8 Å². The molecule has 0 heteroatoms. The van der Waals surface area contributed by atoms with Gasteiger partial charge < -0.3 is 0 Å². The molecule has 0 heterocycles. The van der Waals surface area contributed by atoms with Gasteiger partial charge in [0.1, 0.15) is 0 Å². The van der Waals surface area contributed by atoms with Crippen LogP contribution in [0.2, 0.25) is 0 Å². The minimum absolute atomic E-state index is 0.530. The zero-order valence-corrected chi connectivity index (χ0v) is 10.5. The molecule has 0 fully saturated rings. The molecule has 0 nitrogen and oxygen atoms in total. The first-order valence-corrected chi connectivity index (χ1v) is 6.72. The van der Waals surface area contributed by atoms with E-state index in [1.807, 2.05) is 0 Å². The Kier molecular flexibility index (Phi) is 3.27. The van der Waals surface area contributed by atoms with Gasteiger partial charge in [-0.3, -0.25) is 0 Å². The molecule has 0 aromatic heterocycles. The van der Waals surface area contributed by atoms with Crippen molar-refractivity contribution in [1.82, 2.24) is 0 Å². The summed E-state index contributed by atoms with van der Waals surface area (Å²) in [6.45, 7) is 0. The van der Waals surface area contributed by atoms with E-state index in [1.165, 1.54) is 24.0 Å². The van der Waals surface area contributed by atoms with Gasteiger partial charge in [-0.2, -0.15) is 0 Å². The lowest BCUT2D eigenvalue weighted by molar-refractivity contribution is 0.553. The first-order valence-electron chi connectivity index (χ1n) is 6.72. The number of rotatable bonds is 2. The summed E-state index contributed by atoms with van der Waals surface area (Å²) < 4.78 is 0. The van der Waals surface area contributed by atoms with Gasteiger partial charge in [0.15, 0.2) is 0 Å². The average Bonchev–Trinajstić information content (AvgIpc) is 2.49. The molecule has 1 aliphatic carbocycles. The predicted molar refractivity (Wildman–Crippen MR) is 76.7 cm³/mol. The molecule has 0 saturated heterocycles. The van der Waals surface area contributed by atoms with Crippen molar-refractivity contribution in [3.8, 4) is 0 Å². The lowest BCUT2D eigenvalue weighted by atomic mass is 9.76. The molecule has 2 aromatic carbocycles. The Morgan fingerprint density at radius 3 is 2.00 bits per heavy atom. The highest BCUT2D eigenvalue weighted by Gasteiger charge is 2.24. The number of allylic oxidation sites excluding steroid dienone is 2. The largest absolute Gasteiger partial charge is 0.0879 e. The monoisotopic (exact) mass is 234 g/mol. The van der Waals surface area contributed by atoms with Crippen LogP contribution in [0.3, 0.4) is 0 Å². The molecule has 1 aliphatic rings. The van der Waals surface area contributed by atoms with Crippen LogP contribution in [-0.2, 0) is 0 Å². The summed E-state index contributed by atoms with van der Waals surface area (Å²) >= 11 is 0. The quantitative estimate of drug-likeness (QED) is 0.648. The van der Waals surface area contributed by atoms with Crippen LogP contribution in [0.5, 0.6) is 0 Å². The van der Waals surface area contributed by atoms with Crippen molar-refractivity contribution >= 4 is 0 Å². The summed E-state index contributed by atoms with van der Waals surface area (Å²) in [5.41, 5.74) is 2.90. The van der Waals surface area contributed by atoms with E-state index >= 15 is 0 Å². The Morgan fingerprint density at radius 1 is 0.722 bits per heavy atom. The summed E-state index contributed by atoms with van der Waals surface area (Å²) in [6.07, 6.45) is 7.16. The van der Waals surface area contributed by atoms with Crippen LogP contribution < -0.4 is 0 Å². The molecule has 0 radical (unpaired) electrons. The van der Waals surface area contributed by atoms with Crippen LogP contribution in [0.4, 0.5) is 0 Å². The zero-order chi connectivity index (χ0) is 12.2. The molecule has 0 N–H and O–H groups in total. The van der Waals surface area contributed by atoms with Gasteiger partial charge in [-0.1, -0.05) is 72.8 Å². The number of hydrogen-bond acceptors (Lipinski definition) is 0. The van der Waals surface area contributed by atoms with Gasteiger partial charge in [0.25, 0.3) is 0 Å². The zero-order valence-electron chi connectivity index (χ0n) is 10.5. The molecule has 2 unspecified atom stereocenters. The molecule has 2 atom stereocenters. The molecule has 3 rings (SSSR count). The van der Waals surface area contributed by atoms with Crippen molar-refractivity contribution in [3.63, 3.8) is 0 Å². The Morgan fingerprint density at radius 2 is 1.33 bits per heavy atom. The highest BCUT2D eigenvalue weighted by atomic mass is 14.3. The predicted octanol–water partition coefficient (Wildman–Crippen LogP) is 4.90. The summed E-state index contributed by atoms with van der Waals surface area (Å²) in [5, 5.41) is 0. The Bertz CT molecular complexity index is 510. The van der Waals surface area contributed by atoms with Crippen LogP contribution >= 0.6 is 0 Å². The Hall–Kier alpha value is -1.82. The minimum atomic E-state index is 0.530. The fraction of sp³-hybridized carbons (Fsp3) is 0.222. The van der Waals surface area contributed by atoms with Gasteiger partial charge in [-0.25, -0.2) is 0 Å². The summed E-state index contributed by atoms with van der Waals surface area (Å²) in [6, 6.07) is 21.8. The van der Waals surface area contributed by atoms with Crippen molar-refractivity contribution < 1.29 is 0 Å². The van der Waals surface area contributed by atoms with E-state index in [-0.39, 0.29) is 0 Å². The third-order valence-electron chi connectivity index (χ3n) is 3.83. The molecule has 0 amide bonds. The maximum Gasteiger partial charge on any atom is 0.00868 e. The van der Waals surface area contributed by atoms with Crippen LogP contribution in [0.25, 0.3) is 0 Å². The summed E-state index contributed by atoms with van der Waals surface area (Å²) in [5.74, 6) is 1.15. The number of hydrogen-bond donors (Lipinski definition) is 0. The third-order valence-corrected chi connectivity index (χ3v) is 3.83. The molecule has 0 spiro atoms. The molecule has 90 valence electrons. The lowest BCUT2D eigenvalue weighted by Gasteiger charge is -2.28. The third kappa shape index (κ3) is 2.24. The molecule has 2 aromatic rings. The maximum absolute atomic E-state index is 2.39. The van der Waals surface area contributed by atoms with Gasteiger partial charge in [-0.15, -0.1) is 0 Å². The first-order chi connectivity index (χ1) is 8.95. The van der Waals surface area contributed by atoms with Crippen molar-refractivity contribution in [2.24, 2.45) is 0 Å². The van der Waals surface area contributed by atoms with Gasteiger partial charge in [-0.05, 0) is 29.9 Å². The van der Waals surface area contributed by atoms with Crippen LogP contribution in [0, 0.1) is 0 Å². The highest BCUT2D eigenvalue weighted by molar-refractivity contribution is 5.33. The van der Waals surface area contributed by atoms with E-state index in [0.29, 0.717) is 11.8 Å². The van der Waals surface area contributed by atoms with Crippen molar-refractivity contribution in [1.29, 1.82) is 0 Å². The first kappa shape index (κ1) is 11.3. The average molecular weight is 234 g/mol. The maximum atomic E-state index is 2.39. The molecular formula is C18H18. The second-order valence-electron chi connectivity index (χ2n) is 4.96. The van der Waals surface area contributed by atoms with Crippen LogP contribution in [-0.4, -0.2) is 0 Å². The topological polar surface area (TPSA) is 0 Å². The molecule has 0 bridgehead atoms. The fourth-order valence-corrected chi connectivity index (χ4v) is 2.93. The normalized spacial score (nSPS) is 22.9.